The Hall–Kier alpha value is -4.52. The van der Waals surface area contributed by atoms with E-state index in [9.17, 15) is 14.4 Å². The van der Waals surface area contributed by atoms with Gasteiger partial charge < -0.3 is 10.6 Å². The number of fused-ring (bicyclic) bond motifs is 1. The van der Waals surface area contributed by atoms with Crippen LogP contribution in [-0.4, -0.2) is 22.8 Å². The fraction of sp³-hybridized carbons (Fsp3) is 0.143. The molecule has 3 N–H and O–H groups in total. The van der Waals surface area contributed by atoms with Crippen LogP contribution in [0.15, 0.2) is 78.9 Å². The van der Waals surface area contributed by atoms with E-state index < -0.39 is 17.5 Å². The summed E-state index contributed by atoms with van der Waals surface area (Å²) in [5.74, 6) is -0.638. The molecular weight excluding hydrogens is 440 g/mol. The summed E-state index contributed by atoms with van der Waals surface area (Å²) in [6.45, 7) is 3.55. The summed E-state index contributed by atoms with van der Waals surface area (Å²) in [6.07, 6.45) is 0.132. The van der Waals surface area contributed by atoms with E-state index in [2.05, 4.69) is 16.0 Å². The number of carbonyl (C=O) groups excluding carboxylic acids is 3. The molecule has 5 rings (SSSR count). The molecule has 3 aromatic carbocycles. The number of pyridine rings is 1. The van der Waals surface area contributed by atoms with Crippen molar-refractivity contribution in [1.82, 2.24) is 15.6 Å². The molecule has 0 aliphatic carbocycles. The van der Waals surface area contributed by atoms with Crippen molar-refractivity contribution in [3.63, 3.8) is 0 Å². The lowest BCUT2D eigenvalue weighted by atomic mass is 9.91. The molecule has 35 heavy (non-hydrogen) atoms. The third-order valence-corrected chi connectivity index (χ3v) is 6.37. The van der Waals surface area contributed by atoms with Gasteiger partial charge in [-0.15, -0.1) is 0 Å². The van der Waals surface area contributed by atoms with Crippen molar-refractivity contribution in [3.8, 4) is 11.1 Å². The number of carbonyl (C=O) groups is 3. The molecule has 1 unspecified atom stereocenters. The van der Waals surface area contributed by atoms with Crippen LogP contribution in [0.3, 0.4) is 0 Å². The lowest BCUT2D eigenvalue weighted by molar-refractivity contribution is -0.123. The number of imide groups is 1. The van der Waals surface area contributed by atoms with Gasteiger partial charge in [0.15, 0.2) is 0 Å². The summed E-state index contributed by atoms with van der Waals surface area (Å²) in [5, 5.41) is 8.84. The Balaban J connectivity index is 1.47. The van der Waals surface area contributed by atoms with Crippen molar-refractivity contribution in [2.24, 2.45) is 0 Å². The predicted octanol–water partition coefficient (Wildman–Crippen LogP) is 4.45. The maximum atomic E-state index is 13.2. The van der Waals surface area contributed by atoms with Crippen LogP contribution in [-0.2, 0) is 21.5 Å². The average Bonchev–Trinajstić information content (AvgIpc) is 3.12. The minimum atomic E-state index is -1.20. The summed E-state index contributed by atoms with van der Waals surface area (Å²) in [5.41, 5.74) is 4.47. The fourth-order valence-corrected chi connectivity index (χ4v) is 4.55. The Labute approximate surface area is 202 Å². The van der Waals surface area contributed by atoms with Crippen LogP contribution < -0.4 is 16.0 Å². The Morgan fingerprint density at radius 2 is 1.71 bits per heavy atom. The fourth-order valence-electron chi connectivity index (χ4n) is 4.55. The Morgan fingerprint density at radius 3 is 2.46 bits per heavy atom. The molecule has 1 fully saturated rings. The van der Waals surface area contributed by atoms with Gasteiger partial charge in [-0.25, -0.2) is 4.79 Å². The highest BCUT2D eigenvalue weighted by molar-refractivity contribution is 6.07. The van der Waals surface area contributed by atoms with Gasteiger partial charge in [0.2, 0.25) is 5.91 Å². The third kappa shape index (κ3) is 4.12. The third-order valence-electron chi connectivity index (χ3n) is 6.37. The largest absolute Gasteiger partial charge is 0.326 e. The number of hydrogen-bond donors (Lipinski definition) is 3. The van der Waals surface area contributed by atoms with Crippen LogP contribution in [0.4, 0.5) is 10.5 Å². The maximum Gasteiger partial charge on any atom is 0.322 e. The van der Waals surface area contributed by atoms with Crippen molar-refractivity contribution in [2.45, 2.75) is 25.8 Å². The van der Waals surface area contributed by atoms with E-state index in [1.807, 2.05) is 61.5 Å². The van der Waals surface area contributed by atoms with Crippen LogP contribution in [0.5, 0.6) is 0 Å². The summed E-state index contributed by atoms with van der Waals surface area (Å²) >= 11 is 0. The zero-order chi connectivity index (χ0) is 24.6. The number of aromatic nitrogens is 1. The highest BCUT2D eigenvalue weighted by Crippen LogP contribution is 2.33. The average molecular weight is 465 g/mol. The quantitative estimate of drug-likeness (QED) is 0.380. The second kappa shape index (κ2) is 8.68. The number of para-hydroxylation sites is 1. The Bertz CT molecular complexity index is 1480. The monoisotopic (exact) mass is 464 g/mol. The van der Waals surface area contributed by atoms with Gasteiger partial charge in [-0.1, -0.05) is 60.7 Å². The molecule has 1 saturated heterocycles. The van der Waals surface area contributed by atoms with Crippen molar-refractivity contribution < 1.29 is 14.4 Å². The Morgan fingerprint density at radius 1 is 0.971 bits per heavy atom. The molecule has 4 amide bonds. The van der Waals surface area contributed by atoms with Crippen LogP contribution in [0.25, 0.3) is 22.0 Å². The van der Waals surface area contributed by atoms with Crippen molar-refractivity contribution in [2.75, 3.05) is 5.32 Å². The first-order valence-corrected chi connectivity index (χ1v) is 11.3. The molecule has 0 saturated carbocycles. The maximum absolute atomic E-state index is 13.2. The molecule has 0 spiro atoms. The molecule has 2 heterocycles. The summed E-state index contributed by atoms with van der Waals surface area (Å²) < 4.78 is 0. The lowest BCUT2D eigenvalue weighted by Gasteiger charge is -2.22. The van der Waals surface area contributed by atoms with Gasteiger partial charge in [-0.3, -0.25) is 19.9 Å². The highest BCUT2D eigenvalue weighted by Gasteiger charge is 2.43. The van der Waals surface area contributed by atoms with E-state index in [1.54, 1.807) is 31.2 Å². The molecule has 7 nitrogen and oxygen atoms in total. The van der Waals surface area contributed by atoms with Crippen LogP contribution in [0, 0.1) is 6.92 Å². The number of rotatable bonds is 5. The number of anilines is 1. The second-order valence-electron chi connectivity index (χ2n) is 8.77. The van der Waals surface area contributed by atoms with E-state index in [1.165, 1.54) is 0 Å². The topological polar surface area (TPSA) is 100 Å². The van der Waals surface area contributed by atoms with Gasteiger partial charge in [0.25, 0.3) is 5.91 Å². The smallest absolute Gasteiger partial charge is 0.322 e. The normalized spacial score (nSPS) is 17.2. The van der Waals surface area contributed by atoms with E-state index in [0.29, 0.717) is 11.3 Å². The summed E-state index contributed by atoms with van der Waals surface area (Å²) in [6, 6.07) is 24.3. The number of nitrogens with one attached hydrogen (secondary N) is 3. The molecule has 0 radical (unpaired) electrons. The molecule has 1 atom stereocenters. The van der Waals surface area contributed by atoms with Gasteiger partial charge in [-0.05, 0) is 54.3 Å². The van der Waals surface area contributed by atoms with Gasteiger partial charge in [0, 0.05) is 16.8 Å². The minimum Gasteiger partial charge on any atom is -0.326 e. The van der Waals surface area contributed by atoms with E-state index in [-0.39, 0.29) is 12.3 Å². The molecule has 174 valence electrons. The minimum absolute atomic E-state index is 0.132. The summed E-state index contributed by atoms with van der Waals surface area (Å²) in [7, 11) is 0. The number of urea groups is 1. The molecule has 4 aromatic rings. The standard InChI is InChI=1S/C28H24N4O3/c1-17-22(25(18-9-4-3-5-10-18)21-13-6-7-14-23(21)29-17)16-24(33)30-20-12-8-11-19(15-20)28(2)26(34)31-27(35)32-28/h3-15H,16H2,1-2H3,(H,30,33)(H2,31,32,34,35). The number of hydrogen-bond acceptors (Lipinski definition) is 4. The first-order chi connectivity index (χ1) is 16.8. The SMILES string of the molecule is Cc1nc2ccccc2c(-c2ccccc2)c1CC(=O)Nc1cccc(C2(C)NC(=O)NC2=O)c1. The molecule has 0 bridgehead atoms. The molecular formula is C28H24N4O3. The van der Waals surface area contributed by atoms with Crippen LogP contribution >= 0.6 is 0 Å². The van der Waals surface area contributed by atoms with Crippen LogP contribution in [0.2, 0.25) is 0 Å². The van der Waals surface area contributed by atoms with Crippen molar-refractivity contribution in [1.29, 1.82) is 0 Å². The highest BCUT2D eigenvalue weighted by atomic mass is 16.2. The number of benzene rings is 3. The van der Waals surface area contributed by atoms with Crippen molar-refractivity contribution >= 4 is 34.4 Å². The Kier molecular flexibility index (Phi) is 5.53. The zero-order valence-electron chi connectivity index (χ0n) is 19.4. The van der Waals surface area contributed by atoms with Crippen molar-refractivity contribution in [3.05, 3.63) is 95.7 Å². The van der Waals surface area contributed by atoms with Crippen LogP contribution in [0.1, 0.15) is 23.7 Å². The second-order valence-corrected chi connectivity index (χ2v) is 8.77. The molecule has 1 aliphatic heterocycles. The molecule has 1 aromatic heterocycles. The predicted molar refractivity (Wildman–Crippen MR) is 135 cm³/mol. The van der Waals surface area contributed by atoms with Gasteiger partial charge >= 0.3 is 6.03 Å². The molecule has 7 heteroatoms. The van der Waals surface area contributed by atoms with E-state index in [4.69, 9.17) is 4.98 Å². The summed E-state index contributed by atoms with van der Waals surface area (Å²) in [4.78, 5) is 41.9. The number of amides is 4. The first kappa shape index (κ1) is 22.3. The number of nitrogens with zero attached hydrogens (tertiary/aromatic N) is 1. The zero-order valence-corrected chi connectivity index (χ0v) is 19.4. The van der Waals surface area contributed by atoms with Gasteiger partial charge in [0.1, 0.15) is 5.54 Å². The number of aryl methyl sites for hydroxylation is 1. The molecule has 1 aliphatic rings. The van der Waals surface area contributed by atoms with Gasteiger partial charge in [0.05, 0.1) is 11.9 Å². The first-order valence-electron chi connectivity index (χ1n) is 11.3. The lowest BCUT2D eigenvalue weighted by Crippen LogP contribution is -2.40. The van der Waals surface area contributed by atoms with E-state index in [0.717, 1.165) is 33.3 Å². The van der Waals surface area contributed by atoms with E-state index >= 15 is 0 Å². The van der Waals surface area contributed by atoms with Gasteiger partial charge in [-0.2, -0.15) is 0 Å².